The molecule has 0 fully saturated rings. The van der Waals surface area contributed by atoms with Crippen molar-refractivity contribution < 1.29 is 14.0 Å². The molecule has 0 saturated carbocycles. The molecule has 0 aliphatic heterocycles. The van der Waals surface area contributed by atoms with E-state index in [4.69, 9.17) is 20.9 Å². The lowest BCUT2D eigenvalue weighted by atomic mass is 9.91. The van der Waals surface area contributed by atoms with E-state index in [1.54, 1.807) is 12.1 Å². The molecule has 0 radical (unpaired) electrons. The maximum Gasteiger partial charge on any atom is 0.338 e. The van der Waals surface area contributed by atoms with Crippen molar-refractivity contribution in [2.45, 2.75) is 60.3 Å². The van der Waals surface area contributed by atoms with Crippen LogP contribution in [-0.4, -0.2) is 25.7 Å². The molecule has 0 bridgehead atoms. The Kier molecular flexibility index (Phi) is 6.47. The van der Waals surface area contributed by atoms with E-state index >= 15 is 0 Å². The molecule has 8 heteroatoms. The van der Waals surface area contributed by atoms with E-state index in [2.05, 4.69) is 33.7 Å². The Hall–Kier alpha value is -2.85. The maximum atomic E-state index is 12.8. The Morgan fingerprint density at radius 2 is 2.03 bits per heavy atom. The van der Waals surface area contributed by atoms with Crippen molar-refractivity contribution in [1.29, 1.82) is 0 Å². The summed E-state index contributed by atoms with van der Waals surface area (Å²) >= 11 is 6.37. The highest BCUT2D eigenvalue weighted by molar-refractivity contribution is 6.33. The van der Waals surface area contributed by atoms with Crippen LogP contribution in [0.3, 0.4) is 0 Å². The van der Waals surface area contributed by atoms with Crippen molar-refractivity contribution in [2.75, 3.05) is 0 Å². The minimum atomic E-state index is -0.688. The van der Waals surface area contributed by atoms with Crippen LogP contribution in [0.15, 0.2) is 16.5 Å². The molecular formula is C22H25ClN4O3. The number of hydrogen-bond donors (Lipinski definition) is 0. The highest BCUT2D eigenvalue weighted by Gasteiger charge is 2.31. The van der Waals surface area contributed by atoms with Crippen LogP contribution in [-0.2, 0) is 4.79 Å². The van der Waals surface area contributed by atoms with Gasteiger partial charge in [0.2, 0.25) is 17.3 Å². The number of unbranched alkanes of at least 4 members (excludes halogenated alkanes) is 2. The van der Waals surface area contributed by atoms with Crippen molar-refractivity contribution in [3.8, 4) is 23.4 Å². The summed E-state index contributed by atoms with van der Waals surface area (Å²) in [6, 6.07) is 3.55. The van der Waals surface area contributed by atoms with Crippen molar-refractivity contribution in [2.24, 2.45) is 5.41 Å². The molecule has 30 heavy (non-hydrogen) atoms. The Bertz CT molecular complexity index is 1130. The lowest BCUT2D eigenvalue weighted by Crippen LogP contribution is -2.33. The van der Waals surface area contributed by atoms with E-state index < -0.39 is 11.4 Å². The average Bonchev–Trinajstić information content (AvgIpc) is 3.29. The maximum absolute atomic E-state index is 12.8. The van der Waals surface area contributed by atoms with Gasteiger partial charge in [-0.3, -0.25) is 0 Å². The first-order valence-corrected chi connectivity index (χ1v) is 10.4. The third kappa shape index (κ3) is 4.49. The summed E-state index contributed by atoms with van der Waals surface area (Å²) in [5, 5.41) is 0.133. The Balaban J connectivity index is 2.15. The summed E-state index contributed by atoms with van der Waals surface area (Å²) in [5.41, 5.74) is -0.118. The number of rotatable bonds is 6. The van der Waals surface area contributed by atoms with Gasteiger partial charge in [-0.25, -0.2) is 14.8 Å². The lowest BCUT2D eigenvalue weighted by Gasteiger charge is -2.20. The molecule has 0 aliphatic rings. The number of aromatic nitrogens is 4. The van der Waals surface area contributed by atoms with Crippen LogP contribution >= 0.6 is 11.6 Å². The van der Waals surface area contributed by atoms with Gasteiger partial charge < -0.3 is 9.25 Å². The van der Waals surface area contributed by atoms with Crippen molar-refractivity contribution in [3.63, 3.8) is 0 Å². The number of fused-ring (bicyclic) bond motifs is 1. The zero-order valence-electron chi connectivity index (χ0n) is 17.9. The van der Waals surface area contributed by atoms with Crippen LogP contribution in [0.25, 0.3) is 22.7 Å². The van der Waals surface area contributed by atoms with Gasteiger partial charge in [-0.05, 0) is 51.7 Å². The van der Waals surface area contributed by atoms with Gasteiger partial charge in [-0.1, -0.05) is 37.8 Å². The fraction of sp³-hybridized carbons (Fsp3) is 0.455. The van der Waals surface area contributed by atoms with E-state index in [9.17, 15) is 4.79 Å². The van der Waals surface area contributed by atoms with Gasteiger partial charge in [-0.15, -0.1) is 4.73 Å². The minimum Gasteiger partial charge on any atom is -0.458 e. The molecule has 3 heterocycles. The summed E-state index contributed by atoms with van der Waals surface area (Å²) in [4.78, 5) is 31.7. The molecule has 0 amide bonds. The van der Waals surface area contributed by atoms with E-state index in [1.807, 2.05) is 27.7 Å². The predicted molar refractivity (Wildman–Crippen MR) is 115 cm³/mol. The number of carbonyl (C=O) groups excluding carboxylic acids is 1. The van der Waals surface area contributed by atoms with Crippen LogP contribution < -0.4 is 4.84 Å². The molecule has 3 aromatic heterocycles. The molecule has 0 aromatic carbocycles. The molecule has 158 valence electrons. The fourth-order valence-corrected chi connectivity index (χ4v) is 2.72. The van der Waals surface area contributed by atoms with Crippen molar-refractivity contribution in [3.05, 3.63) is 28.9 Å². The number of nitrogens with zero attached hydrogens (tertiary/aromatic N) is 4. The van der Waals surface area contributed by atoms with Crippen molar-refractivity contribution in [1.82, 2.24) is 19.7 Å². The molecular weight excluding hydrogens is 404 g/mol. The summed E-state index contributed by atoms with van der Waals surface area (Å²) in [6.07, 6.45) is 3.40. The second-order valence-corrected chi connectivity index (χ2v) is 8.03. The van der Waals surface area contributed by atoms with E-state index in [-0.39, 0.29) is 22.4 Å². The monoisotopic (exact) mass is 428 g/mol. The highest BCUT2D eigenvalue weighted by atomic mass is 35.5. The van der Waals surface area contributed by atoms with Crippen LogP contribution in [0.4, 0.5) is 0 Å². The Labute approximate surface area is 180 Å². The normalized spacial score (nSPS) is 11.4. The second-order valence-electron chi connectivity index (χ2n) is 7.67. The third-order valence-corrected chi connectivity index (χ3v) is 5.12. The smallest absolute Gasteiger partial charge is 0.338 e. The van der Waals surface area contributed by atoms with Gasteiger partial charge >= 0.3 is 5.97 Å². The highest BCUT2D eigenvalue weighted by Crippen LogP contribution is 2.29. The molecule has 0 spiro atoms. The zero-order valence-corrected chi connectivity index (χ0v) is 18.6. The molecule has 7 nitrogen and oxygen atoms in total. The first-order chi connectivity index (χ1) is 14.3. The SMILES string of the molecule is CCCCC#Cc1nc(Cl)c2nc(-c3ccc(C)o3)n(OC(=O)C(C)(C)CC)c2n1. The van der Waals surface area contributed by atoms with Crippen LogP contribution in [0, 0.1) is 24.2 Å². The van der Waals surface area contributed by atoms with Gasteiger partial charge in [-0.2, -0.15) is 4.98 Å². The number of imidazole rings is 1. The lowest BCUT2D eigenvalue weighted by molar-refractivity contribution is -0.153. The molecule has 0 unspecified atom stereocenters. The number of furan rings is 1. The number of aryl methyl sites for hydroxylation is 1. The number of carbonyl (C=O) groups is 1. The molecule has 3 aromatic rings. The van der Waals surface area contributed by atoms with Crippen LogP contribution in [0.2, 0.25) is 5.15 Å². The molecule has 3 rings (SSSR count). The molecule has 0 aliphatic carbocycles. The first-order valence-electron chi connectivity index (χ1n) is 10.0. The number of hydrogen-bond acceptors (Lipinski definition) is 6. The van der Waals surface area contributed by atoms with Gasteiger partial charge in [0.05, 0.1) is 5.41 Å². The van der Waals surface area contributed by atoms with Gasteiger partial charge in [0.25, 0.3) is 0 Å². The molecule has 0 saturated heterocycles. The Morgan fingerprint density at radius 1 is 1.27 bits per heavy atom. The van der Waals surface area contributed by atoms with Gasteiger partial charge in [0.15, 0.2) is 10.9 Å². The first kappa shape index (κ1) is 21.8. The van der Waals surface area contributed by atoms with Gasteiger partial charge in [0, 0.05) is 6.42 Å². The minimum absolute atomic E-state index is 0.133. The summed E-state index contributed by atoms with van der Waals surface area (Å²) in [5.74, 6) is 7.21. The van der Waals surface area contributed by atoms with Gasteiger partial charge in [0.1, 0.15) is 11.3 Å². The fourth-order valence-electron chi connectivity index (χ4n) is 2.52. The van der Waals surface area contributed by atoms with E-state index in [1.165, 1.54) is 4.73 Å². The van der Waals surface area contributed by atoms with Crippen molar-refractivity contribution >= 4 is 28.7 Å². The largest absolute Gasteiger partial charge is 0.458 e. The topological polar surface area (TPSA) is 83.0 Å². The van der Waals surface area contributed by atoms with E-state index in [0.717, 1.165) is 19.3 Å². The summed E-state index contributed by atoms with van der Waals surface area (Å²) < 4.78 is 6.96. The Morgan fingerprint density at radius 3 is 2.67 bits per heavy atom. The second kappa shape index (κ2) is 8.88. The average molecular weight is 429 g/mol. The van der Waals surface area contributed by atoms with Crippen LogP contribution in [0.5, 0.6) is 0 Å². The van der Waals surface area contributed by atoms with E-state index in [0.29, 0.717) is 23.5 Å². The molecule has 0 N–H and O–H groups in total. The quantitative estimate of drug-likeness (QED) is 0.312. The predicted octanol–water partition coefficient (Wildman–Crippen LogP) is 4.98. The molecule has 0 atom stereocenters. The summed E-state index contributed by atoms with van der Waals surface area (Å²) in [6.45, 7) is 9.48. The summed E-state index contributed by atoms with van der Waals surface area (Å²) in [7, 11) is 0. The van der Waals surface area contributed by atoms with Crippen LogP contribution in [0.1, 0.15) is 65.0 Å². The standard InChI is InChI=1S/C22H25ClN4O3/c1-6-8-9-10-11-16-24-18(23)17-20(25-16)27(30-21(28)22(4,5)7-2)19(26-17)15-13-12-14(3)29-15/h12-13H,6-9H2,1-5H3. The number of halogens is 1. The third-order valence-electron chi connectivity index (χ3n) is 4.85. The zero-order chi connectivity index (χ0) is 21.9.